The Hall–Kier alpha value is -2.67. The highest BCUT2D eigenvalue weighted by Crippen LogP contribution is 2.24. The third-order valence-corrected chi connectivity index (χ3v) is 3.92. The first-order valence-corrected chi connectivity index (χ1v) is 8.04. The van der Waals surface area contributed by atoms with Gasteiger partial charge in [-0.15, -0.1) is 0 Å². The first-order chi connectivity index (χ1) is 12.1. The van der Waals surface area contributed by atoms with Crippen LogP contribution in [0.4, 0.5) is 20.2 Å². The molecule has 1 aliphatic heterocycles. The average Bonchev–Trinajstić information content (AvgIpc) is 2.63. The Labute approximate surface area is 144 Å². The van der Waals surface area contributed by atoms with E-state index in [-0.39, 0.29) is 11.7 Å². The third-order valence-electron chi connectivity index (χ3n) is 3.92. The Bertz CT molecular complexity index is 717. The number of rotatable bonds is 5. The van der Waals surface area contributed by atoms with Crippen molar-refractivity contribution in [1.82, 2.24) is 10.2 Å². The SMILES string of the molecule is O=C(c1ccccc1Nc1ccc(OC(F)F)cc1)N1CCNCC1. The molecule has 1 saturated heterocycles. The van der Waals surface area contributed by atoms with Crippen LogP contribution >= 0.6 is 0 Å². The van der Waals surface area contributed by atoms with Crippen molar-refractivity contribution in [1.29, 1.82) is 0 Å². The van der Waals surface area contributed by atoms with Gasteiger partial charge in [0.05, 0.1) is 11.3 Å². The minimum atomic E-state index is -2.85. The molecule has 2 aromatic carbocycles. The Morgan fingerprint density at radius 2 is 1.76 bits per heavy atom. The Kier molecular flexibility index (Phi) is 5.45. The molecule has 0 aromatic heterocycles. The second-order valence-corrected chi connectivity index (χ2v) is 5.62. The van der Waals surface area contributed by atoms with Gasteiger partial charge in [-0.1, -0.05) is 12.1 Å². The maximum Gasteiger partial charge on any atom is 0.387 e. The van der Waals surface area contributed by atoms with Crippen LogP contribution in [0, 0.1) is 0 Å². The van der Waals surface area contributed by atoms with Gasteiger partial charge in [-0.05, 0) is 36.4 Å². The van der Waals surface area contributed by atoms with Crippen LogP contribution in [0.5, 0.6) is 5.75 Å². The van der Waals surface area contributed by atoms with E-state index in [0.29, 0.717) is 30.0 Å². The zero-order valence-electron chi connectivity index (χ0n) is 13.5. The number of para-hydroxylation sites is 1. The summed E-state index contributed by atoms with van der Waals surface area (Å²) < 4.78 is 28.7. The molecule has 0 saturated carbocycles. The van der Waals surface area contributed by atoms with E-state index >= 15 is 0 Å². The molecule has 132 valence electrons. The second-order valence-electron chi connectivity index (χ2n) is 5.62. The molecule has 0 spiro atoms. The van der Waals surface area contributed by atoms with Gasteiger partial charge in [0, 0.05) is 31.9 Å². The topological polar surface area (TPSA) is 53.6 Å². The normalized spacial score (nSPS) is 14.4. The number of anilines is 2. The van der Waals surface area contributed by atoms with Crippen molar-refractivity contribution >= 4 is 17.3 Å². The summed E-state index contributed by atoms with van der Waals surface area (Å²) >= 11 is 0. The lowest BCUT2D eigenvalue weighted by atomic mass is 10.1. The largest absolute Gasteiger partial charge is 0.435 e. The number of carbonyl (C=O) groups is 1. The third kappa shape index (κ3) is 4.45. The van der Waals surface area contributed by atoms with E-state index in [1.807, 2.05) is 23.1 Å². The summed E-state index contributed by atoms with van der Waals surface area (Å²) in [5.41, 5.74) is 1.94. The average molecular weight is 347 g/mol. The number of benzene rings is 2. The van der Waals surface area contributed by atoms with Gasteiger partial charge in [-0.2, -0.15) is 8.78 Å². The molecule has 7 heteroatoms. The number of hydrogen-bond donors (Lipinski definition) is 2. The fourth-order valence-corrected chi connectivity index (χ4v) is 2.69. The van der Waals surface area contributed by atoms with E-state index in [1.54, 1.807) is 18.2 Å². The van der Waals surface area contributed by atoms with Gasteiger partial charge in [-0.3, -0.25) is 4.79 Å². The summed E-state index contributed by atoms with van der Waals surface area (Å²) in [5.74, 6) is 0.0629. The number of halogens is 2. The zero-order chi connectivity index (χ0) is 17.6. The van der Waals surface area contributed by atoms with Gasteiger partial charge in [0.2, 0.25) is 0 Å². The molecule has 5 nitrogen and oxygen atoms in total. The van der Waals surface area contributed by atoms with Crippen molar-refractivity contribution < 1.29 is 18.3 Å². The molecule has 1 heterocycles. The lowest BCUT2D eigenvalue weighted by molar-refractivity contribution is -0.0498. The van der Waals surface area contributed by atoms with Crippen LogP contribution in [0.2, 0.25) is 0 Å². The lowest BCUT2D eigenvalue weighted by Crippen LogP contribution is -2.46. The van der Waals surface area contributed by atoms with Crippen LogP contribution in [0.25, 0.3) is 0 Å². The fourth-order valence-electron chi connectivity index (χ4n) is 2.69. The smallest absolute Gasteiger partial charge is 0.387 e. The van der Waals surface area contributed by atoms with Crippen molar-refractivity contribution in [3.05, 3.63) is 54.1 Å². The van der Waals surface area contributed by atoms with Gasteiger partial charge in [0.15, 0.2) is 0 Å². The number of alkyl halides is 2. The maximum absolute atomic E-state index is 12.7. The quantitative estimate of drug-likeness (QED) is 0.873. The number of piperazine rings is 1. The molecule has 0 aliphatic carbocycles. The summed E-state index contributed by atoms with van der Waals surface area (Å²) in [5, 5.41) is 6.39. The molecule has 0 radical (unpaired) electrons. The molecule has 2 aromatic rings. The van der Waals surface area contributed by atoms with E-state index in [1.165, 1.54) is 12.1 Å². The van der Waals surface area contributed by atoms with Crippen LogP contribution in [-0.4, -0.2) is 43.6 Å². The second kappa shape index (κ2) is 7.94. The molecule has 0 atom stereocenters. The Balaban J connectivity index is 1.75. The fraction of sp³-hybridized carbons (Fsp3) is 0.278. The summed E-state index contributed by atoms with van der Waals surface area (Å²) in [7, 11) is 0. The predicted octanol–water partition coefficient (Wildman–Crippen LogP) is 3.08. The standard InChI is InChI=1S/C18H19F2N3O2/c19-18(20)25-14-7-5-13(6-8-14)22-16-4-2-1-3-15(16)17(24)23-11-9-21-10-12-23/h1-8,18,21-22H,9-12H2. The maximum atomic E-state index is 12.7. The van der Waals surface area contributed by atoms with Crippen LogP contribution in [-0.2, 0) is 0 Å². The minimum absolute atomic E-state index is 0.0257. The number of amides is 1. The summed E-state index contributed by atoms with van der Waals surface area (Å²) in [4.78, 5) is 14.6. The molecule has 1 fully saturated rings. The summed E-state index contributed by atoms with van der Waals surface area (Å²) in [6, 6.07) is 13.4. The monoisotopic (exact) mass is 347 g/mol. The van der Waals surface area contributed by atoms with Gasteiger partial charge < -0.3 is 20.3 Å². The molecule has 3 rings (SSSR count). The first kappa shape index (κ1) is 17.2. The Morgan fingerprint density at radius 3 is 2.44 bits per heavy atom. The van der Waals surface area contributed by atoms with Gasteiger partial charge in [0.1, 0.15) is 5.75 Å². The summed E-state index contributed by atoms with van der Waals surface area (Å²) in [6.07, 6.45) is 0. The van der Waals surface area contributed by atoms with E-state index < -0.39 is 6.61 Å². The van der Waals surface area contributed by atoms with Gasteiger partial charge in [0.25, 0.3) is 5.91 Å². The Morgan fingerprint density at radius 1 is 1.08 bits per heavy atom. The minimum Gasteiger partial charge on any atom is -0.435 e. The molecule has 1 amide bonds. The van der Waals surface area contributed by atoms with E-state index in [4.69, 9.17) is 0 Å². The van der Waals surface area contributed by atoms with Crippen molar-refractivity contribution in [3.8, 4) is 5.75 Å². The molecular formula is C18H19F2N3O2. The predicted molar refractivity (Wildman–Crippen MR) is 91.6 cm³/mol. The number of ether oxygens (including phenoxy) is 1. The number of hydrogen-bond acceptors (Lipinski definition) is 4. The number of nitrogens with one attached hydrogen (secondary N) is 2. The van der Waals surface area contributed by atoms with Crippen LogP contribution in [0.3, 0.4) is 0 Å². The molecular weight excluding hydrogens is 328 g/mol. The van der Waals surface area contributed by atoms with Crippen molar-refractivity contribution in [3.63, 3.8) is 0 Å². The highest BCUT2D eigenvalue weighted by atomic mass is 19.3. The lowest BCUT2D eigenvalue weighted by Gasteiger charge is -2.28. The summed E-state index contributed by atoms with van der Waals surface area (Å²) in [6.45, 7) is 0.0655. The van der Waals surface area contributed by atoms with Crippen LogP contribution in [0.1, 0.15) is 10.4 Å². The molecule has 0 bridgehead atoms. The molecule has 2 N–H and O–H groups in total. The van der Waals surface area contributed by atoms with E-state index in [9.17, 15) is 13.6 Å². The molecule has 0 unspecified atom stereocenters. The molecule has 25 heavy (non-hydrogen) atoms. The van der Waals surface area contributed by atoms with Gasteiger partial charge >= 0.3 is 6.61 Å². The van der Waals surface area contributed by atoms with Crippen molar-refractivity contribution in [2.24, 2.45) is 0 Å². The number of nitrogens with zero attached hydrogens (tertiary/aromatic N) is 1. The van der Waals surface area contributed by atoms with Crippen molar-refractivity contribution in [2.75, 3.05) is 31.5 Å². The van der Waals surface area contributed by atoms with Crippen LogP contribution < -0.4 is 15.4 Å². The van der Waals surface area contributed by atoms with E-state index in [0.717, 1.165) is 13.1 Å². The van der Waals surface area contributed by atoms with Crippen LogP contribution in [0.15, 0.2) is 48.5 Å². The highest BCUT2D eigenvalue weighted by Gasteiger charge is 2.20. The van der Waals surface area contributed by atoms with Gasteiger partial charge in [-0.25, -0.2) is 0 Å². The van der Waals surface area contributed by atoms with Crippen molar-refractivity contribution in [2.45, 2.75) is 6.61 Å². The van der Waals surface area contributed by atoms with E-state index in [2.05, 4.69) is 15.4 Å². The zero-order valence-corrected chi connectivity index (χ0v) is 13.5. The first-order valence-electron chi connectivity index (χ1n) is 8.04. The highest BCUT2D eigenvalue weighted by molar-refractivity contribution is 6.00. The molecule has 1 aliphatic rings. The number of carbonyl (C=O) groups excluding carboxylic acids is 1.